The van der Waals surface area contributed by atoms with Gasteiger partial charge in [-0.05, 0) is 37.5 Å². The van der Waals surface area contributed by atoms with E-state index in [-0.39, 0.29) is 18.0 Å². The summed E-state index contributed by atoms with van der Waals surface area (Å²) >= 11 is 0. The Morgan fingerprint density at radius 1 is 1.48 bits per heavy atom. The Labute approximate surface area is 125 Å². The summed E-state index contributed by atoms with van der Waals surface area (Å²) < 4.78 is 26.8. The lowest BCUT2D eigenvalue weighted by Crippen LogP contribution is -2.42. The van der Waals surface area contributed by atoms with Gasteiger partial charge in [0.05, 0.1) is 17.5 Å². The van der Waals surface area contributed by atoms with Crippen LogP contribution in [-0.2, 0) is 10.0 Å². The zero-order valence-corrected chi connectivity index (χ0v) is 12.9. The van der Waals surface area contributed by atoms with Gasteiger partial charge in [-0.25, -0.2) is 8.42 Å². The van der Waals surface area contributed by atoms with Crippen molar-refractivity contribution in [1.29, 1.82) is 0 Å². The maximum absolute atomic E-state index is 12.7. The minimum atomic E-state index is -3.60. The second-order valence-electron chi connectivity index (χ2n) is 5.15. The van der Waals surface area contributed by atoms with Crippen molar-refractivity contribution in [2.75, 3.05) is 19.6 Å². The minimum absolute atomic E-state index is 0.153. The Kier molecular flexibility index (Phi) is 5.01. The molecule has 0 radical (unpaired) electrons. The Balaban J connectivity index is 2.39. The molecule has 0 aliphatic carbocycles. The van der Waals surface area contributed by atoms with Crippen LogP contribution in [0.4, 0.5) is 0 Å². The third-order valence-corrected chi connectivity index (χ3v) is 5.51. The molecule has 1 aliphatic heterocycles. The van der Waals surface area contributed by atoms with Gasteiger partial charge < -0.3 is 10.8 Å². The van der Waals surface area contributed by atoms with E-state index in [1.165, 1.54) is 4.31 Å². The standard InChI is InChI=1S/C15H20N2O3S/c1-12-6-7-13(4-2-8-16)10-15(12)21(19,20)17-9-3-5-14(18)11-17/h6-7,10,14,18H,3,5,8-9,11,16H2,1H3. The summed E-state index contributed by atoms with van der Waals surface area (Å²) in [4.78, 5) is 0.250. The second-order valence-corrected chi connectivity index (χ2v) is 7.05. The third kappa shape index (κ3) is 3.63. The normalized spacial score (nSPS) is 19.9. The lowest BCUT2D eigenvalue weighted by molar-refractivity contribution is 0.108. The number of hydrogen-bond acceptors (Lipinski definition) is 4. The van der Waals surface area contributed by atoms with Gasteiger partial charge in [0, 0.05) is 18.7 Å². The summed E-state index contributed by atoms with van der Waals surface area (Å²) in [6.07, 6.45) is 0.730. The molecule has 3 N–H and O–H groups in total. The number of β-amino-alcohol motifs (C(OH)–C–C–N with tert-alkyl or cyclic N) is 1. The molecule has 1 aliphatic rings. The smallest absolute Gasteiger partial charge is 0.243 e. The molecule has 21 heavy (non-hydrogen) atoms. The highest BCUT2D eigenvalue weighted by Gasteiger charge is 2.30. The zero-order valence-electron chi connectivity index (χ0n) is 12.0. The summed E-state index contributed by atoms with van der Waals surface area (Å²) in [6.45, 7) is 2.58. The highest BCUT2D eigenvalue weighted by Crippen LogP contribution is 2.24. The van der Waals surface area contributed by atoms with E-state index in [1.807, 2.05) is 0 Å². The summed E-state index contributed by atoms with van der Waals surface area (Å²) in [7, 11) is -3.60. The van der Waals surface area contributed by atoms with E-state index < -0.39 is 16.1 Å². The molecular formula is C15H20N2O3S. The number of benzene rings is 1. The van der Waals surface area contributed by atoms with Crippen molar-refractivity contribution in [1.82, 2.24) is 4.31 Å². The predicted octanol–water partition coefficient (Wildman–Crippen LogP) is 0.451. The quantitative estimate of drug-likeness (QED) is 0.777. The number of aliphatic hydroxyl groups is 1. The molecule has 1 saturated heterocycles. The van der Waals surface area contributed by atoms with Crippen molar-refractivity contribution < 1.29 is 13.5 Å². The first-order valence-corrected chi connectivity index (χ1v) is 8.37. The van der Waals surface area contributed by atoms with Crippen molar-refractivity contribution in [3.8, 4) is 11.8 Å². The number of aryl methyl sites for hydroxylation is 1. The Hall–Kier alpha value is -1.39. The Bertz CT molecular complexity index is 674. The van der Waals surface area contributed by atoms with Crippen LogP contribution in [0, 0.1) is 18.8 Å². The summed E-state index contributed by atoms with van der Waals surface area (Å²) in [5.41, 5.74) is 6.64. The Morgan fingerprint density at radius 3 is 2.90 bits per heavy atom. The van der Waals surface area contributed by atoms with Gasteiger partial charge in [0.2, 0.25) is 10.0 Å². The van der Waals surface area contributed by atoms with Crippen molar-refractivity contribution in [3.05, 3.63) is 29.3 Å². The van der Waals surface area contributed by atoms with Gasteiger partial charge in [-0.15, -0.1) is 0 Å². The van der Waals surface area contributed by atoms with E-state index in [9.17, 15) is 13.5 Å². The third-order valence-electron chi connectivity index (χ3n) is 3.50. The first-order valence-electron chi connectivity index (χ1n) is 6.93. The number of rotatable bonds is 2. The van der Waals surface area contributed by atoms with Crippen LogP contribution in [0.2, 0.25) is 0 Å². The van der Waals surface area contributed by atoms with Crippen LogP contribution in [-0.4, -0.2) is 43.6 Å². The van der Waals surface area contributed by atoms with E-state index in [1.54, 1.807) is 25.1 Å². The van der Waals surface area contributed by atoms with E-state index in [0.717, 1.165) is 0 Å². The van der Waals surface area contributed by atoms with Crippen LogP contribution in [0.25, 0.3) is 0 Å². The van der Waals surface area contributed by atoms with Gasteiger partial charge in [0.1, 0.15) is 0 Å². The molecule has 0 bridgehead atoms. The average Bonchev–Trinajstić information content (AvgIpc) is 2.46. The molecule has 5 nitrogen and oxygen atoms in total. The van der Waals surface area contributed by atoms with Crippen LogP contribution in [0.1, 0.15) is 24.0 Å². The number of sulfonamides is 1. The first kappa shape index (κ1) is 16.0. The molecule has 1 atom stereocenters. The summed E-state index contributed by atoms with van der Waals surface area (Å²) in [5, 5.41) is 9.69. The fourth-order valence-corrected chi connectivity index (χ4v) is 4.15. The molecule has 6 heteroatoms. The van der Waals surface area contributed by atoms with Gasteiger partial charge in [0.25, 0.3) is 0 Å². The fourth-order valence-electron chi connectivity index (χ4n) is 2.39. The number of hydrogen-bond donors (Lipinski definition) is 2. The molecule has 114 valence electrons. The lowest BCUT2D eigenvalue weighted by atomic mass is 10.1. The van der Waals surface area contributed by atoms with Crippen LogP contribution in [0.5, 0.6) is 0 Å². The molecule has 1 aromatic rings. The van der Waals surface area contributed by atoms with E-state index >= 15 is 0 Å². The summed E-state index contributed by atoms with van der Waals surface area (Å²) in [6, 6.07) is 5.10. The monoisotopic (exact) mass is 308 g/mol. The molecule has 0 spiro atoms. The zero-order chi connectivity index (χ0) is 15.5. The molecule has 0 amide bonds. The maximum atomic E-state index is 12.7. The van der Waals surface area contributed by atoms with E-state index in [4.69, 9.17) is 5.73 Å². The maximum Gasteiger partial charge on any atom is 0.243 e. The highest BCUT2D eigenvalue weighted by molar-refractivity contribution is 7.89. The van der Waals surface area contributed by atoms with Crippen LogP contribution >= 0.6 is 0 Å². The van der Waals surface area contributed by atoms with Gasteiger partial charge in [-0.2, -0.15) is 4.31 Å². The average molecular weight is 308 g/mol. The second kappa shape index (κ2) is 6.58. The SMILES string of the molecule is Cc1ccc(C#CCN)cc1S(=O)(=O)N1CCCC(O)C1. The molecule has 1 fully saturated rings. The highest BCUT2D eigenvalue weighted by atomic mass is 32.2. The Morgan fingerprint density at radius 2 is 2.24 bits per heavy atom. The van der Waals surface area contributed by atoms with Gasteiger partial charge in [0.15, 0.2) is 0 Å². The van der Waals surface area contributed by atoms with Gasteiger partial charge in [-0.1, -0.05) is 17.9 Å². The topological polar surface area (TPSA) is 83.6 Å². The number of aliphatic hydroxyl groups excluding tert-OH is 1. The van der Waals surface area contributed by atoms with Crippen LogP contribution < -0.4 is 5.73 Å². The molecular weight excluding hydrogens is 288 g/mol. The van der Waals surface area contributed by atoms with Crippen molar-refractivity contribution in [3.63, 3.8) is 0 Å². The molecule has 1 aromatic carbocycles. The lowest BCUT2D eigenvalue weighted by Gasteiger charge is -2.29. The predicted molar refractivity (Wildman–Crippen MR) is 81.1 cm³/mol. The summed E-state index contributed by atoms with van der Waals surface area (Å²) in [5.74, 6) is 5.57. The largest absolute Gasteiger partial charge is 0.392 e. The van der Waals surface area contributed by atoms with Crippen molar-refractivity contribution >= 4 is 10.0 Å². The van der Waals surface area contributed by atoms with Crippen LogP contribution in [0.15, 0.2) is 23.1 Å². The van der Waals surface area contributed by atoms with Crippen molar-refractivity contribution in [2.45, 2.75) is 30.8 Å². The van der Waals surface area contributed by atoms with E-state index in [0.29, 0.717) is 30.5 Å². The van der Waals surface area contributed by atoms with Crippen molar-refractivity contribution in [2.24, 2.45) is 5.73 Å². The number of nitrogens with zero attached hydrogens (tertiary/aromatic N) is 1. The van der Waals surface area contributed by atoms with Gasteiger partial charge >= 0.3 is 0 Å². The molecule has 1 heterocycles. The molecule has 0 saturated carbocycles. The molecule has 1 unspecified atom stereocenters. The molecule has 2 rings (SSSR count). The number of piperidine rings is 1. The number of nitrogens with two attached hydrogens (primary N) is 1. The fraction of sp³-hybridized carbons (Fsp3) is 0.467. The minimum Gasteiger partial charge on any atom is -0.392 e. The van der Waals surface area contributed by atoms with Crippen LogP contribution in [0.3, 0.4) is 0 Å². The van der Waals surface area contributed by atoms with E-state index in [2.05, 4.69) is 11.8 Å². The first-order chi connectivity index (χ1) is 9.95. The van der Waals surface area contributed by atoms with Gasteiger partial charge in [-0.3, -0.25) is 0 Å². The molecule has 0 aromatic heterocycles.